The van der Waals surface area contributed by atoms with Gasteiger partial charge in [0.25, 0.3) is 0 Å². The van der Waals surface area contributed by atoms with E-state index in [-0.39, 0.29) is 24.8 Å². The largest absolute Gasteiger partial charge is 0.465 e. The molecule has 1 aliphatic rings. The molecule has 0 unspecified atom stereocenters. The maximum absolute atomic E-state index is 11.2. The molecule has 0 saturated carbocycles. The topological polar surface area (TPSA) is 67.3 Å². The van der Waals surface area contributed by atoms with E-state index >= 15 is 0 Å². The molecule has 102 valence electrons. The minimum Gasteiger partial charge on any atom is -0.465 e. The van der Waals surface area contributed by atoms with Gasteiger partial charge in [-0.1, -0.05) is 0 Å². The highest BCUT2D eigenvalue weighted by Crippen LogP contribution is 2.08. The zero-order valence-corrected chi connectivity index (χ0v) is 11.6. The molecular weight excluding hydrogens is 279 g/mol. The Morgan fingerprint density at radius 2 is 1.83 bits per heavy atom. The van der Waals surface area contributed by atoms with Crippen LogP contribution in [0.2, 0.25) is 0 Å². The number of hydrogen-bond donors (Lipinski definition) is 1. The molecule has 2 rings (SSSR count). The number of piperazine rings is 1. The van der Waals surface area contributed by atoms with Crippen LogP contribution in [0.25, 0.3) is 0 Å². The lowest BCUT2D eigenvalue weighted by Gasteiger charge is -2.27. The van der Waals surface area contributed by atoms with Crippen molar-refractivity contribution in [2.24, 2.45) is 0 Å². The number of halogens is 2. The van der Waals surface area contributed by atoms with Crippen molar-refractivity contribution in [1.29, 1.82) is 0 Å². The molecule has 0 bridgehead atoms. The molecule has 0 atom stereocenters. The zero-order valence-electron chi connectivity index (χ0n) is 9.96. The number of carbonyl (C=O) groups excluding carboxylic acids is 1. The third kappa shape index (κ3) is 3.97. The molecule has 1 aromatic heterocycles. The number of ether oxygens (including phenoxy) is 1. The fourth-order valence-electron chi connectivity index (χ4n) is 1.57. The third-order valence-electron chi connectivity index (χ3n) is 2.46. The molecule has 0 amide bonds. The van der Waals surface area contributed by atoms with Gasteiger partial charge in [-0.15, -0.1) is 24.8 Å². The number of methoxy groups -OCH3 is 1. The quantitative estimate of drug-likeness (QED) is 0.802. The fourth-order valence-corrected chi connectivity index (χ4v) is 1.57. The average Bonchev–Trinajstić information content (AvgIpc) is 2.39. The lowest BCUT2D eigenvalue weighted by atomic mass is 10.3. The number of nitrogens with zero attached hydrogens (tertiary/aromatic N) is 3. The predicted octanol–water partition coefficient (Wildman–Crippen LogP) is 0.516. The maximum Gasteiger partial charge on any atom is 0.341 e. The summed E-state index contributed by atoms with van der Waals surface area (Å²) in [6, 6.07) is 0. The van der Waals surface area contributed by atoms with Gasteiger partial charge in [-0.05, 0) is 0 Å². The number of aromatic nitrogens is 2. The highest BCUT2D eigenvalue weighted by molar-refractivity contribution is 5.88. The van der Waals surface area contributed by atoms with Crippen LogP contribution in [0.4, 0.5) is 5.95 Å². The lowest BCUT2D eigenvalue weighted by molar-refractivity contribution is 0.0600. The Hall–Kier alpha value is -1.11. The Kier molecular flexibility index (Phi) is 7.58. The molecular formula is C10H16Cl2N4O2. The Morgan fingerprint density at radius 1 is 1.28 bits per heavy atom. The molecule has 1 fully saturated rings. The Bertz CT molecular complexity index is 369. The van der Waals surface area contributed by atoms with Gasteiger partial charge in [0.1, 0.15) is 0 Å². The normalized spacial score (nSPS) is 14.2. The Morgan fingerprint density at radius 3 is 2.33 bits per heavy atom. The molecule has 8 heteroatoms. The van der Waals surface area contributed by atoms with Gasteiger partial charge in [0, 0.05) is 38.6 Å². The summed E-state index contributed by atoms with van der Waals surface area (Å²) in [5, 5.41) is 3.25. The standard InChI is InChI=1S/C10H14N4O2.2ClH/c1-16-9(15)8-6-12-10(13-7-8)14-4-2-11-3-5-14;;/h6-7,11H,2-5H2,1H3;2*1H. The van der Waals surface area contributed by atoms with E-state index in [2.05, 4.69) is 24.9 Å². The van der Waals surface area contributed by atoms with Crippen LogP contribution in [0.3, 0.4) is 0 Å². The fraction of sp³-hybridized carbons (Fsp3) is 0.500. The van der Waals surface area contributed by atoms with E-state index in [9.17, 15) is 4.79 Å². The van der Waals surface area contributed by atoms with E-state index in [4.69, 9.17) is 0 Å². The van der Waals surface area contributed by atoms with E-state index in [1.165, 1.54) is 19.5 Å². The van der Waals surface area contributed by atoms with Crippen molar-refractivity contribution < 1.29 is 9.53 Å². The predicted molar refractivity (Wildman–Crippen MR) is 73.0 cm³/mol. The first-order chi connectivity index (χ1) is 7.81. The van der Waals surface area contributed by atoms with Crippen molar-refractivity contribution in [2.45, 2.75) is 0 Å². The van der Waals surface area contributed by atoms with Gasteiger partial charge in [-0.3, -0.25) is 0 Å². The van der Waals surface area contributed by atoms with Crippen LogP contribution < -0.4 is 10.2 Å². The van der Waals surface area contributed by atoms with Crippen LogP contribution in [0.1, 0.15) is 10.4 Å². The number of anilines is 1. The second kappa shape index (κ2) is 8.07. The molecule has 18 heavy (non-hydrogen) atoms. The minimum atomic E-state index is -0.410. The van der Waals surface area contributed by atoms with Crippen molar-refractivity contribution in [3.05, 3.63) is 18.0 Å². The summed E-state index contributed by atoms with van der Waals surface area (Å²) in [5.41, 5.74) is 0.376. The highest BCUT2D eigenvalue weighted by Gasteiger charge is 2.13. The smallest absolute Gasteiger partial charge is 0.341 e. The maximum atomic E-state index is 11.2. The SMILES string of the molecule is COC(=O)c1cnc(N2CCNCC2)nc1.Cl.Cl. The van der Waals surface area contributed by atoms with Crippen molar-refractivity contribution in [2.75, 3.05) is 38.2 Å². The number of carbonyl (C=O) groups is 1. The molecule has 1 aromatic rings. The summed E-state index contributed by atoms with van der Waals surface area (Å²) < 4.78 is 4.58. The monoisotopic (exact) mass is 294 g/mol. The second-order valence-corrected chi connectivity index (χ2v) is 3.50. The van der Waals surface area contributed by atoms with Gasteiger partial charge >= 0.3 is 5.97 Å². The van der Waals surface area contributed by atoms with Crippen LogP contribution in [0, 0.1) is 0 Å². The van der Waals surface area contributed by atoms with Gasteiger partial charge in [0.05, 0.1) is 12.7 Å². The van der Waals surface area contributed by atoms with Crippen LogP contribution in [0.5, 0.6) is 0 Å². The number of rotatable bonds is 2. The molecule has 6 nitrogen and oxygen atoms in total. The van der Waals surface area contributed by atoms with E-state index in [0.29, 0.717) is 11.5 Å². The lowest BCUT2D eigenvalue weighted by Crippen LogP contribution is -2.44. The number of esters is 1. The van der Waals surface area contributed by atoms with E-state index < -0.39 is 5.97 Å². The zero-order chi connectivity index (χ0) is 11.4. The summed E-state index contributed by atoms with van der Waals surface area (Å²) in [5.74, 6) is 0.251. The summed E-state index contributed by atoms with van der Waals surface area (Å²) >= 11 is 0. The molecule has 1 saturated heterocycles. The average molecular weight is 295 g/mol. The second-order valence-electron chi connectivity index (χ2n) is 3.50. The summed E-state index contributed by atoms with van der Waals surface area (Å²) in [4.78, 5) is 21.6. The Balaban J connectivity index is 0.00000144. The van der Waals surface area contributed by atoms with Gasteiger partial charge in [0.2, 0.25) is 5.95 Å². The van der Waals surface area contributed by atoms with Gasteiger partial charge in [-0.2, -0.15) is 0 Å². The molecule has 2 heterocycles. The number of nitrogens with one attached hydrogen (secondary N) is 1. The highest BCUT2D eigenvalue weighted by atomic mass is 35.5. The minimum absolute atomic E-state index is 0. The van der Waals surface area contributed by atoms with Crippen LogP contribution in [-0.4, -0.2) is 49.2 Å². The molecule has 0 spiro atoms. The summed E-state index contributed by atoms with van der Waals surface area (Å²) in [7, 11) is 1.34. The first kappa shape index (κ1) is 16.9. The third-order valence-corrected chi connectivity index (χ3v) is 2.46. The van der Waals surface area contributed by atoms with Crippen molar-refractivity contribution >= 4 is 36.7 Å². The van der Waals surface area contributed by atoms with Crippen LogP contribution in [-0.2, 0) is 4.74 Å². The van der Waals surface area contributed by atoms with Crippen LogP contribution >= 0.6 is 24.8 Å². The van der Waals surface area contributed by atoms with Gasteiger partial charge in [-0.25, -0.2) is 14.8 Å². The Labute approximate surface area is 118 Å². The van der Waals surface area contributed by atoms with E-state index in [1.807, 2.05) is 0 Å². The van der Waals surface area contributed by atoms with Crippen molar-refractivity contribution in [3.63, 3.8) is 0 Å². The molecule has 1 N–H and O–H groups in total. The summed E-state index contributed by atoms with van der Waals surface area (Å²) in [6.07, 6.45) is 2.99. The van der Waals surface area contributed by atoms with E-state index in [1.54, 1.807) is 0 Å². The summed E-state index contributed by atoms with van der Waals surface area (Å²) in [6.45, 7) is 3.64. The van der Waals surface area contributed by atoms with E-state index in [0.717, 1.165) is 26.2 Å². The first-order valence-electron chi connectivity index (χ1n) is 5.17. The van der Waals surface area contributed by atoms with Crippen molar-refractivity contribution in [1.82, 2.24) is 15.3 Å². The molecule has 1 aliphatic heterocycles. The van der Waals surface area contributed by atoms with Gasteiger partial charge < -0.3 is 15.0 Å². The molecule has 0 aliphatic carbocycles. The van der Waals surface area contributed by atoms with Crippen LogP contribution in [0.15, 0.2) is 12.4 Å². The van der Waals surface area contributed by atoms with Gasteiger partial charge in [0.15, 0.2) is 0 Å². The number of hydrogen-bond acceptors (Lipinski definition) is 6. The molecule has 0 radical (unpaired) electrons. The van der Waals surface area contributed by atoms with Crippen molar-refractivity contribution in [3.8, 4) is 0 Å². The first-order valence-corrected chi connectivity index (χ1v) is 5.17. The molecule has 0 aromatic carbocycles.